The lowest BCUT2D eigenvalue weighted by Gasteiger charge is -1.89. The first kappa shape index (κ1) is 7.18. The first-order chi connectivity index (χ1) is 5.40. The monoisotopic (exact) mass is 170 g/mol. The van der Waals surface area contributed by atoms with Crippen LogP contribution < -0.4 is 5.73 Å². The summed E-state index contributed by atoms with van der Waals surface area (Å²) >= 11 is 1.85. The molecule has 0 spiro atoms. The Bertz CT molecular complexity index is 235. The molecular weight excluding hydrogens is 158 g/mol. The van der Waals surface area contributed by atoms with Gasteiger partial charge in [-0.3, -0.25) is 0 Å². The van der Waals surface area contributed by atoms with E-state index in [9.17, 15) is 0 Å². The topological polar surface area (TPSA) is 45.5 Å². The SMILES string of the molecule is [NH3+]CCc1cn2c(n1)SCC2. The number of hydrogen-bond acceptors (Lipinski definition) is 2. The fourth-order valence-electron chi connectivity index (χ4n) is 1.26. The zero-order valence-corrected chi connectivity index (χ0v) is 7.23. The van der Waals surface area contributed by atoms with Gasteiger partial charge < -0.3 is 10.3 Å². The summed E-state index contributed by atoms with van der Waals surface area (Å²) in [5, 5.41) is 1.19. The van der Waals surface area contributed by atoms with Gasteiger partial charge >= 0.3 is 0 Å². The van der Waals surface area contributed by atoms with Gasteiger partial charge in [-0.05, 0) is 0 Å². The van der Waals surface area contributed by atoms with Crippen molar-refractivity contribution in [3.05, 3.63) is 11.9 Å². The van der Waals surface area contributed by atoms with E-state index in [2.05, 4.69) is 21.5 Å². The number of fused-ring (bicyclic) bond motifs is 1. The van der Waals surface area contributed by atoms with E-state index >= 15 is 0 Å². The minimum atomic E-state index is 0.946. The second-order valence-electron chi connectivity index (χ2n) is 2.66. The van der Waals surface area contributed by atoms with Gasteiger partial charge in [0.15, 0.2) is 5.16 Å². The van der Waals surface area contributed by atoms with Crippen LogP contribution in [0.5, 0.6) is 0 Å². The van der Waals surface area contributed by atoms with E-state index in [1.165, 1.54) is 16.6 Å². The van der Waals surface area contributed by atoms with E-state index in [4.69, 9.17) is 0 Å². The average molecular weight is 170 g/mol. The van der Waals surface area contributed by atoms with E-state index < -0.39 is 0 Å². The van der Waals surface area contributed by atoms with Crippen molar-refractivity contribution in [2.45, 2.75) is 18.1 Å². The molecule has 0 unspecified atom stereocenters. The molecule has 0 fully saturated rings. The van der Waals surface area contributed by atoms with E-state index in [1.54, 1.807) is 0 Å². The number of quaternary nitrogens is 1. The second-order valence-corrected chi connectivity index (χ2v) is 3.72. The van der Waals surface area contributed by atoms with Crippen LogP contribution in [0.1, 0.15) is 5.69 Å². The Morgan fingerprint density at radius 1 is 1.73 bits per heavy atom. The summed E-state index contributed by atoms with van der Waals surface area (Å²) in [6.07, 6.45) is 3.17. The Balaban J connectivity index is 2.20. The van der Waals surface area contributed by atoms with Crippen molar-refractivity contribution in [2.75, 3.05) is 12.3 Å². The minimum Gasteiger partial charge on any atom is -0.357 e. The van der Waals surface area contributed by atoms with E-state index in [0.29, 0.717) is 0 Å². The molecule has 1 aromatic rings. The maximum absolute atomic E-state index is 4.47. The lowest BCUT2D eigenvalue weighted by atomic mass is 10.3. The Hall–Kier alpha value is -0.480. The van der Waals surface area contributed by atoms with Gasteiger partial charge in [0.05, 0.1) is 12.2 Å². The van der Waals surface area contributed by atoms with Crippen LogP contribution in [-0.4, -0.2) is 21.8 Å². The van der Waals surface area contributed by atoms with E-state index in [-0.39, 0.29) is 0 Å². The highest BCUT2D eigenvalue weighted by Gasteiger charge is 2.13. The summed E-state index contributed by atoms with van der Waals surface area (Å²) < 4.78 is 2.23. The molecule has 0 radical (unpaired) electrons. The van der Waals surface area contributed by atoms with Gasteiger partial charge in [-0.15, -0.1) is 0 Å². The Morgan fingerprint density at radius 2 is 2.64 bits per heavy atom. The van der Waals surface area contributed by atoms with Crippen LogP contribution >= 0.6 is 11.8 Å². The molecule has 60 valence electrons. The number of rotatable bonds is 2. The van der Waals surface area contributed by atoms with Crippen molar-refractivity contribution in [3.63, 3.8) is 0 Å². The summed E-state index contributed by atoms with van der Waals surface area (Å²) in [5.41, 5.74) is 5.00. The third kappa shape index (κ3) is 1.28. The highest BCUT2D eigenvalue weighted by atomic mass is 32.2. The molecule has 1 aromatic heterocycles. The molecule has 0 aliphatic carbocycles. The van der Waals surface area contributed by atoms with Crippen LogP contribution in [-0.2, 0) is 13.0 Å². The van der Waals surface area contributed by atoms with Crippen molar-refractivity contribution >= 4 is 11.8 Å². The van der Waals surface area contributed by atoms with Crippen LogP contribution in [0.25, 0.3) is 0 Å². The van der Waals surface area contributed by atoms with Gasteiger partial charge in [-0.1, -0.05) is 11.8 Å². The van der Waals surface area contributed by atoms with Crippen molar-refractivity contribution < 1.29 is 5.73 Å². The molecule has 2 rings (SSSR count). The van der Waals surface area contributed by atoms with Crippen LogP contribution in [0.15, 0.2) is 11.4 Å². The molecule has 11 heavy (non-hydrogen) atoms. The number of aryl methyl sites for hydroxylation is 1. The summed E-state index contributed by atoms with van der Waals surface area (Å²) in [6, 6.07) is 0. The molecule has 3 N–H and O–H groups in total. The molecule has 3 nitrogen and oxygen atoms in total. The lowest BCUT2D eigenvalue weighted by molar-refractivity contribution is -0.366. The summed E-state index contributed by atoms with van der Waals surface area (Å²) in [6.45, 7) is 2.07. The van der Waals surface area contributed by atoms with Gasteiger partial charge in [0, 0.05) is 24.9 Å². The molecule has 1 aliphatic heterocycles. The fraction of sp³-hybridized carbons (Fsp3) is 0.571. The van der Waals surface area contributed by atoms with E-state index in [0.717, 1.165) is 19.5 Å². The smallest absolute Gasteiger partial charge is 0.168 e. The quantitative estimate of drug-likeness (QED) is 0.666. The number of thioether (sulfide) groups is 1. The highest BCUT2D eigenvalue weighted by molar-refractivity contribution is 7.99. The lowest BCUT2D eigenvalue weighted by Crippen LogP contribution is -2.51. The van der Waals surface area contributed by atoms with Crippen LogP contribution in [0.4, 0.5) is 0 Å². The zero-order chi connectivity index (χ0) is 7.68. The fourth-order valence-corrected chi connectivity index (χ4v) is 2.23. The van der Waals surface area contributed by atoms with Gasteiger partial charge in [0.2, 0.25) is 0 Å². The van der Waals surface area contributed by atoms with Gasteiger partial charge in [0.25, 0.3) is 0 Å². The van der Waals surface area contributed by atoms with Crippen LogP contribution in [0, 0.1) is 0 Å². The zero-order valence-electron chi connectivity index (χ0n) is 6.42. The van der Waals surface area contributed by atoms with Crippen molar-refractivity contribution in [3.8, 4) is 0 Å². The maximum atomic E-state index is 4.47. The van der Waals surface area contributed by atoms with E-state index in [1.807, 2.05) is 11.8 Å². The van der Waals surface area contributed by atoms with Gasteiger partial charge in [-0.2, -0.15) is 0 Å². The number of imidazole rings is 1. The first-order valence-electron chi connectivity index (χ1n) is 3.88. The standard InChI is InChI=1S/C7H11N3S/c8-2-1-6-5-10-3-4-11-7(10)9-6/h5H,1-4,8H2/p+1. The predicted molar refractivity (Wildman–Crippen MR) is 44.4 cm³/mol. The van der Waals surface area contributed by atoms with Crippen LogP contribution in [0.3, 0.4) is 0 Å². The molecule has 0 bridgehead atoms. The van der Waals surface area contributed by atoms with Gasteiger partial charge in [0.1, 0.15) is 0 Å². The molecule has 1 aliphatic rings. The average Bonchev–Trinajstić information content (AvgIpc) is 2.46. The van der Waals surface area contributed by atoms with Crippen LogP contribution in [0.2, 0.25) is 0 Å². The summed E-state index contributed by atoms with van der Waals surface area (Å²) in [5.74, 6) is 1.19. The number of hydrogen-bond donors (Lipinski definition) is 1. The summed E-state index contributed by atoms with van der Waals surface area (Å²) in [4.78, 5) is 4.47. The Kier molecular flexibility index (Phi) is 1.87. The third-order valence-corrected chi connectivity index (χ3v) is 2.76. The molecule has 4 heteroatoms. The molecule has 0 saturated carbocycles. The second kappa shape index (κ2) is 2.87. The minimum absolute atomic E-state index is 0.946. The Morgan fingerprint density at radius 3 is 3.36 bits per heavy atom. The highest BCUT2D eigenvalue weighted by Crippen LogP contribution is 2.24. The number of aromatic nitrogens is 2. The number of nitrogens with zero attached hydrogens (tertiary/aromatic N) is 2. The predicted octanol–water partition coefficient (Wildman–Crippen LogP) is -0.227. The van der Waals surface area contributed by atoms with Gasteiger partial charge in [-0.25, -0.2) is 4.98 Å². The first-order valence-corrected chi connectivity index (χ1v) is 4.87. The molecule has 0 amide bonds. The molecular formula is C7H12N3S+. The normalized spacial score (nSPS) is 15.4. The van der Waals surface area contributed by atoms with Crippen molar-refractivity contribution in [1.29, 1.82) is 0 Å². The molecule has 0 atom stereocenters. The maximum Gasteiger partial charge on any atom is 0.168 e. The summed E-state index contributed by atoms with van der Waals surface area (Å²) in [7, 11) is 0. The largest absolute Gasteiger partial charge is 0.357 e. The van der Waals surface area contributed by atoms with Crippen molar-refractivity contribution in [2.24, 2.45) is 0 Å². The molecule has 0 saturated heterocycles. The third-order valence-electron chi connectivity index (χ3n) is 1.79. The molecule has 0 aromatic carbocycles. The Labute approximate surface area is 70.0 Å². The van der Waals surface area contributed by atoms with Crippen molar-refractivity contribution in [1.82, 2.24) is 9.55 Å². The molecule has 2 heterocycles.